The second-order valence-electron chi connectivity index (χ2n) is 5.67. The molecule has 0 amide bonds. The fraction of sp³-hybridized carbons (Fsp3) is 0.786. The largest absolute Gasteiger partial charge is 0.378 e. The maximum absolute atomic E-state index is 5.27. The van der Waals surface area contributed by atoms with Crippen LogP contribution >= 0.6 is 23.1 Å². The Morgan fingerprint density at radius 1 is 1.40 bits per heavy atom. The molecule has 0 unspecified atom stereocenters. The van der Waals surface area contributed by atoms with E-state index in [0.29, 0.717) is 11.4 Å². The van der Waals surface area contributed by atoms with Crippen molar-refractivity contribution < 1.29 is 4.74 Å². The summed E-state index contributed by atoms with van der Waals surface area (Å²) in [4.78, 5) is 8.53. The van der Waals surface area contributed by atoms with Gasteiger partial charge in [-0.3, -0.25) is 0 Å². The molecule has 4 nitrogen and oxygen atoms in total. The van der Waals surface area contributed by atoms with E-state index in [0.717, 1.165) is 30.5 Å². The average Bonchev–Trinajstić information content (AvgIpc) is 2.68. The van der Waals surface area contributed by atoms with Crippen LogP contribution in [0.2, 0.25) is 0 Å². The van der Waals surface area contributed by atoms with E-state index in [9.17, 15) is 0 Å². The van der Waals surface area contributed by atoms with Gasteiger partial charge in [0.05, 0.1) is 12.3 Å². The third kappa shape index (κ3) is 4.10. The van der Waals surface area contributed by atoms with Gasteiger partial charge in [-0.15, -0.1) is 11.3 Å². The van der Waals surface area contributed by atoms with Crippen molar-refractivity contribution in [1.82, 2.24) is 10.3 Å². The van der Waals surface area contributed by atoms with Crippen LogP contribution in [0, 0.1) is 0 Å². The standard InChI is InChI=1S/C14H25N3OS2/c1-14(2)5-6-17(7-8-19-14)13-16-11(10-18-4)12(20-13)9-15-3/h15H,5-10H2,1-4H3. The number of aromatic nitrogens is 1. The van der Waals surface area contributed by atoms with Gasteiger partial charge >= 0.3 is 0 Å². The number of thiazole rings is 1. The molecule has 2 rings (SSSR count). The SMILES string of the molecule is CNCc1sc(N2CCSC(C)(C)CC2)nc1COC. The number of thioether (sulfide) groups is 1. The molecule has 1 aliphatic heterocycles. The van der Waals surface area contributed by atoms with Gasteiger partial charge in [0.25, 0.3) is 0 Å². The summed E-state index contributed by atoms with van der Waals surface area (Å²) in [5.41, 5.74) is 1.08. The lowest BCUT2D eigenvalue weighted by Crippen LogP contribution is -2.26. The van der Waals surface area contributed by atoms with Crippen LogP contribution in [0.3, 0.4) is 0 Å². The van der Waals surface area contributed by atoms with Crippen molar-refractivity contribution in [3.05, 3.63) is 10.6 Å². The number of nitrogens with one attached hydrogen (secondary N) is 1. The smallest absolute Gasteiger partial charge is 0.185 e. The molecule has 6 heteroatoms. The van der Waals surface area contributed by atoms with E-state index >= 15 is 0 Å². The van der Waals surface area contributed by atoms with Crippen LogP contribution in [0.5, 0.6) is 0 Å². The van der Waals surface area contributed by atoms with Gasteiger partial charge < -0.3 is 15.0 Å². The molecule has 1 aromatic rings. The van der Waals surface area contributed by atoms with Crippen molar-refractivity contribution in [2.45, 2.75) is 38.2 Å². The van der Waals surface area contributed by atoms with Gasteiger partial charge in [-0.2, -0.15) is 11.8 Å². The highest BCUT2D eigenvalue weighted by Gasteiger charge is 2.25. The fourth-order valence-corrected chi connectivity index (χ4v) is 4.49. The topological polar surface area (TPSA) is 37.4 Å². The van der Waals surface area contributed by atoms with E-state index in [2.05, 4.69) is 35.8 Å². The van der Waals surface area contributed by atoms with Crippen LogP contribution in [0.25, 0.3) is 0 Å². The summed E-state index contributed by atoms with van der Waals surface area (Å²) in [7, 11) is 3.70. The Balaban J connectivity index is 2.13. The van der Waals surface area contributed by atoms with E-state index in [1.807, 2.05) is 7.05 Å². The van der Waals surface area contributed by atoms with Crippen molar-refractivity contribution in [2.75, 3.05) is 37.9 Å². The molecular weight excluding hydrogens is 290 g/mol. The van der Waals surface area contributed by atoms with Crippen LogP contribution in [0.4, 0.5) is 5.13 Å². The predicted molar refractivity (Wildman–Crippen MR) is 89.0 cm³/mol. The van der Waals surface area contributed by atoms with E-state index in [1.54, 1.807) is 18.4 Å². The van der Waals surface area contributed by atoms with Gasteiger partial charge in [-0.05, 0) is 13.5 Å². The maximum Gasteiger partial charge on any atom is 0.185 e. The zero-order chi connectivity index (χ0) is 14.6. The van der Waals surface area contributed by atoms with Crippen molar-refractivity contribution >= 4 is 28.2 Å². The zero-order valence-electron chi connectivity index (χ0n) is 12.9. The van der Waals surface area contributed by atoms with E-state index < -0.39 is 0 Å². The first kappa shape index (κ1) is 16.1. The quantitative estimate of drug-likeness (QED) is 0.904. The van der Waals surface area contributed by atoms with E-state index in [4.69, 9.17) is 9.72 Å². The van der Waals surface area contributed by atoms with Gasteiger partial charge in [-0.1, -0.05) is 13.8 Å². The summed E-state index contributed by atoms with van der Waals surface area (Å²) < 4.78 is 5.65. The lowest BCUT2D eigenvalue weighted by molar-refractivity contribution is 0.181. The molecule has 0 atom stereocenters. The van der Waals surface area contributed by atoms with Gasteiger partial charge in [-0.25, -0.2) is 4.98 Å². The van der Waals surface area contributed by atoms with Crippen LogP contribution in [-0.2, 0) is 17.9 Å². The molecular formula is C14H25N3OS2. The normalized spacial score (nSPS) is 19.1. The second kappa shape index (κ2) is 7.11. The minimum absolute atomic E-state index is 0.384. The minimum Gasteiger partial charge on any atom is -0.378 e. The first-order valence-electron chi connectivity index (χ1n) is 7.07. The molecule has 1 aliphatic rings. The predicted octanol–water partition coefficient (Wildman–Crippen LogP) is 2.73. The first-order valence-corrected chi connectivity index (χ1v) is 8.87. The fourth-order valence-electron chi connectivity index (χ4n) is 2.26. The average molecular weight is 316 g/mol. The van der Waals surface area contributed by atoms with Crippen LogP contribution in [0.15, 0.2) is 0 Å². The highest BCUT2D eigenvalue weighted by Crippen LogP contribution is 2.34. The lowest BCUT2D eigenvalue weighted by Gasteiger charge is -2.22. The number of anilines is 1. The summed E-state index contributed by atoms with van der Waals surface area (Å²) >= 11 is 3.87. The van der Waals surface area contributed by atoms with E-state index in [-0.39, 0.29) is 0 Å². The molecule has 1 aromatic heterocycles. The van der Waals surface area contributed by atoms with Gasteiger partial charge in [0.1, 0.15) is 0 Å². The summed E-state index contributed by atoms with van der Waals surface area (Å²) in [6.07, 6.45) is 1.21. The molecule has 20 heavy (non-hydrogen) atoms. The Kier molecular flexibility index (Phi) is 5.72. The number of rotatable bonds is 5. The monoisotopic (exact) mass is 315 g/mol. The number of hydrogen-bond acceptors (Lipinski definition) is 6. The highest BCUT2D eigenvalue weighted by molar-refractivity contribution is 8.00. The number of ether oxygens (including phenoxy) is 1. The Bertz CT molecular complexity index is 411. The second-order valence-corrected chi connectivity index (χ2v) is 8.54. The van der Waals surface area contributed by atoms with Crippen LogP contribution in [0.1, 0.15) is 30.8 Å². The summed E-state index contributed by atoms with van der Waals surface area (Å²) in [6.45, 7) is 8.33. The molecule has 1 N–H and O–H groups in total. The zero-order valence-corrected chi connectivity index (χ0v) is 14.5. The Morgan fingerprint density at radius 2 is 2.20 bits per heavy atom. The van der Waals surface area contributed by atoms with Gasteiger partial charge in [0.15, 0.2) is 5.13 Å². The van der Waals surface area contributed by atoms with Crippen LogP contribution < -0.4 is 10.2 Å². The summed E-state index contributed by atoms with van der Waals surface area (Å²) in [5.74, 6) is 1.17. The molecule has 0 bridgehead atoms. The molecule has 0 radical (unpaired) electrons. The van der Waals surface area contributed by atoms with Crippen molar-refractivity contribution in [1.29, 1.82) is 0 Å². The number of methoxy groups -OCH3 is 1. The summed E-state index contributed by atoms with van der Waals surface area (Å²) in [5, 5.41) is 4.37. The number of nitrogens with zero attached hydrogens (tertiary/aromatic N) is 2. The third-order valence-electron chi connectivity index (χ3n) is 3.49. The Morgan fingerprint density at radius 3 is 2.90 bits per heavy atom. The molecule has 0 aromatic carbocycles. The third-order valence-corrected chi connectivity index (χ3v) is 6.02. The van der Waals surface area contributed by atoms with Crippen molar-refractivity contribution in [2.24, 2.45) is 0 Å². The first-order chi connectivity index (χ1) is 9.55. The minimum atomic E-state index is 0.384. The van der Waals surface area contributed by atoms with Gasteiger partial charge in [0, 0.05) is 42.1 Å². The maximum atomic E-state index is 5.27. The molecule has 2 heterocycles. The molecule has 114 valence electrons. The Labute approximate surface area is 130 Å². The number of hydrogen-bond donors (Lipinski definition) is 1. The molecule has 0 saturated carbocycles. The molecule has 1 saturated heterocycles. The lowest BCUT2D eigenvalue weighted by atomic mass is 10.1. The Hall–Kier alpha value is -0.300. The van der Waals surface area contributed by atoms with Crippen molar-refractivity contribution in [3.63, 3.8) is 0 Å². The molecule has 1 fully saturated rings. The van der Waals surface area contributed by atoms with Crippen LogP contribution in [-0.4, -0.2) is 42.7 Å². The van der Waals surface area contributed by atoms with Crippen molar-refractivity contribution in [3.8, 4) is 0 Å². The molecule has 0 aliphatic carbocycles. The highest BCUT2D eigenvalue weighted by atomic mass is 32.2. The molecule has 0 spiro atoms. The van der Waals surface area contributed by atoms with Gasteiger partial charge in [0.2, 0.25) is 0 Å². The van der Waals surface area contributed by atoms with E-state index in [1.165, 1.54) is 17.1 Å². The summed E-state index contributed by atoms with van der Waals surface area (Å²) in [6, 6.07) is 0.